The highest BCUT2D eigenvalue weighted by atomic mass is 16.6. The van der Waals surface area contributed by atoms with E-state index in [4.69, 9.17) is 19.9 Å². The van der Waals surface area contributed by atoms with Crippen LogP contribution in [0.1, 0.15) is 60.7 Å². The molecule has 0 radical (unpaired) electrons. The van der Waals surface area contributed by atoms with Crippen molar-refractivity contribution in [1.82, 2.24) is 9.80 Å². The average Bonchev–Trinajstić information content (AvgIpc) is 3.20. The van der Waals surface area contributed by atoms with Crippen LogP contribution in [0.5, 0.6) is 5.75 Å². The van der Waals surface area contributed by atoms with Gasteiger partial charge < -0.3 is 24.8 Å². The fourth-order valence-electron chi connectivity index (χ4n) is 4.73. The van der Waals surface area contributed by atoms with Crippen LogP contribution in [0.4, 0.5) is 0 Å². The van der Waals surface area contributed by atoms with Gasteiger partial charge >= 0.3 is 5.97 Å². The minimum Gasteiger partial charge on any atom is -0.489 e. The van der Waals surface area contributed by atoms with E-state index >= 15 is 0 Å². The molecule has 1 atom stereocenters. The number of hydrogen-bond donors (Lipinski definition) is 1. The maximum Gasteiger partial charge on any atom is 0.306 e. The van der Waals surface area contributed by atoms with E-state index in [9.17, 15) is 14.4 Å². The zero-order chi connectivity index (χ0) is 27.3. The fourth-order valence-corrected chi connectivity index (χ4v) is 4.73. The van der Waals surface area contributed by atoms with Crippen LogP contribution < -0.4 is 10.5 Å². The molecule has 2 heterocycles. The Labute approximate surface area is 223 Å². The number of morpholine rings is 1. The lowest BCUT2D eigenvalue weighted by Gasteiger charge is -2.26. The molecule has 2 aliphatic heterocycles. The van der Waals surface area contributed by atoms with Crippen molar-refractivity contribution < 1.29 is 28.6 Å². The predicted octanol–water partition coefficient (Wildman–Crippen LogP) is 3.03. The minimum absolute atomic E-state index is 0.0180. The van der Waals surface area contributed by atoms with Crippen molar-refractivity contribution >= 4 is 17.8 Å². The summed E-state index contributed by atoms with van der Waals surface area (Å²) in [7, 11) is 0. The quantitative estimate of drug-likeness (QED) is 0.477. The molecule has 0 bridgehead atoms. The SMILES string of the molecule is CC(C)(C)OC(=O)CC[C@@H](C(N)=O)N1Cc2c(OCc3ccc(CN4CCOCC4)cc3)cccc2C1=O. The Bertz CT molecular complexity index is 1150. The van der Waals surface area contributed by atoms with Crippen molar-refractivity contribution in [3.8, 4) is 5.75 Å². The van der Waals surface area contributed by atoms with Gasteiger partial charge in [-0.15, -0.1) is 0 Å². The Hall–Kier alpha value is -3.43. The third-order valence-electron chi connectivity index (χ3n) is 6.63. The van der Waals surface area contributed by atoms with Crippen molar-refractivity contribution in [1.29, 1.82) is 0 Å². The first-order valence-corrected chi connectivity index (χ1v) is 13.1. The smallest absolute Gasteiger partial charge is 0.306 e. The molecule has 9 heteroatoms. The molecule has 0 saturated carbocycles. The van der Waals surface area contributed by atoms with Gasteiger partial charge in [0, 0.05) is 37.2 Å². The Balaban J connectivity index is 1.38. The summed E-state index contributed by atoms with van der Waals surface area (Å²) < 4.78 is 16.9. The number of carbonyl (C=O) groups is 3. The fraction of sp³-hybridized carbons (Fsp3) is 0.483. The maximum absolute atomic E-state index is 13.2. The first-order valence-electron chi connectivity index (χ1n) is 13.1. The molecule has 1 fully saturated rings. The van der Waals surface area contributed by atoms with Crippen molar-refractivity contribution in [3.63, 3.8) is 0 Å². The van der Waals surface area contributed by atoms with E-state index < -0.39 is 23.5 Å². The standard InChI is InChI=1S/C29H37N3O6/c1-29(2,3)38-26(33)12-11-24(27(30)34)32-18-23-22(28(32)35)5-4-6-25(23)37-19-21-9-7-20(8-10-21)17-31-13-15-36-16-14-31/h4-10,24H,11-19H2,1-3H3,(H2,30,34)/t24-/m0/s1. The lowest BCUT2D eigenvalue weighted by Crippen LogP contribution is -2.45. The van der Waals surface area contributed by atoms with Crippen LogP contribution in [0.3, 0.4) is 0 Å². The second kappa shape index (κ2) is 12.0. The molecule has 1 saturated heterocycles. The minimum atomic E-state index is -0.922. The first kappa shape index (κ1) is 27.6. The molecular weight excluding hydrogens is 486 g/mol. The highest BCUT2D eigenvalue weighted by molar-refractivity contribution is 6.01. The summed E-state index contributed by atoms with van der Waals surface area (Å²) in [6.07, 6.45) is 0.0762. The van der Waals surface area contributed by atoms with Crippen molar-refractivity contribution in [3.05, 3.63) is 64.7 Å². The summed E-state index contributed by atoms with van der Waals surface area (Å²) >= 11 is 0. The number of fused-ring (bicyclic) bond motifs is 1. The monoisotopic (exact) mass is 523 g/mol. The van der Waals surface area contributed by atoms with E-state index in [0.717, 1.165) is 38.4 Å². The first-order chi connectivity index (χ1) is 18.1. The van der Waals surface area contributed by atoms with Gasteiger partial charge in [0.15, 0.2) is 0 Å². The lowest BCUT2D eigenvalue weighted by molar-refractivity contribution is -0.155. The third-order valence-corrected chi connectivity index (χ3v) is 6.63. The zero-order valence-electron chi connectivity index (χ0n) is 22.4. The van der Waals surface area contributed by atoms with Crippen LogP contribution in [-0.4, -0.2) is 65.5 Å². The Morgan fingerprint density at radius 3 is 2.39 bits per heavy atom. The number of carbonyl (C=O) groups excluding carboxylic acids is 3. The number of hydrogen-bond acceptors (Lipinski definition) is 7. The normalized spacial score (nSPS) is 16.7. The van der Waals surface area contributed by atoms with E-state index in [0.29, 0.717) is 23.5 Å². The van der Waals surface area contributed by atoms with Crippen molar-refractivity contribution in [2.45, 2.75) is 65.0 Å². The molecule has 0 aliphatic carbocycles. The van der Waals surface area contributed by atoms with E-state index in [-0.39, 0.29) is 25.3 Å². The molecule has 2 amide bonds. The molecule has 4 rings (SSSR count). The largest absolute Gasteiger partial charge is 0.489 e. The van der Waals surface area contributed by atoms with E-state index in [2.05, 4.69) is 29.2 Å². The van der Waals surface area contributed by atoms with Crippen LogP contribution >= 0.6 is 0 Å². The Morgan fingerprint density at radius 1 is 1.05 bits per heavy atom. The zero-order valence-corrected chi connectivity index (χ0v) is 22.4. The Morgan fingerprint density at radius 2 is 1.74 bits per heavy atom. The number of ether oxygens (including phenoxy) is 3. The summed E-state index contributed by atoms with van der Waals surface area (Å²) in [6, 6.07) is 12.7. The molecule has 38 heavy (non-hydrogen) atoms. The summed E-state index contributed by atoms with van der Waals surface area (Å²) in [6.45, 7) is 10.2. The van der Waals surface area contributed by atoms with Gasteiger partial charge in [-0.05, 0) is 50.5 Å². The molecule has 0 unspecified atom stereocenters. The van der Waals surface area contributed by atoms with Gasteiger partial charge in [0.25, 0.3) is 5.91 Å². The predicted molar refractivity (Wildman–Crippen MR) is 141 cm³/mol. The maximum atomic E-state index is 13.2. The van der Waals surface area contributed by atoms with Gasteiger partial charge in [-0.25, -0.2) is 0 Å². The van der Waals surface area contributed by atoms with E-state index in [1.165, 1.54) is 10.5 Å². The molecule has 2 N–H and O–H groups in total. The number of benzene rings is 2. The summed E-state index contributed by atoms with van der Waals surface area (Å²) in [4.78, 5) is 41.4. The highest BCUT2D eigenvalue weighted by Crippen LogP contribution is 2.33. The van der Waals surface area contributed by atoms with Crippen LogP contribution in [-0.2, 0) is 38.8 Å². The average molecular weight is 524 g/mol. The second-order valence-electron chi connectivity index (χ2n) is 10.8. The molecule has 2 aromatic rings. The van der Waals surface area contributed by atoms with Gasteiger partial charge in [-0.1, -0.05) is 30.3 Å². The number of amides is 2. The second-order valence-corrected chi connectivity index (χ2v) is 10.8. The number of primary amides is 1. The molecule has 9 nitrogen and oxygen atoms in total. The highest BCUT2D eigenvalue weighted by Gasteiger charge is 2.37. The third kappa shape index (κ3) is 7.11. The van der Waals surface area contributed by atoms with Crippen LogP contribution in [0.15, 0.2) is 42.5 Å². The molecule has 0 spiro atoms. The molecule has 2 aliphatic rings. The van der Waals surface area contributed by atoms with Crippen LogP contribution in [0, 0.1) is 0 Å². The molecular formula is C29H37N3O6. The van der Waals surface area contributed by atoms with Gasteiger partial charge in [0.1, 0.15) is 24.0 Å². The van der Waals surface area contributed by atoms with Crippen LogP contribution in [0.2, 0.25) is 0 Å². The van der Waals surface area contributed by atoms with Gasteiger partial charge in [0.05, 0.1) is 19.8 Å². The molecule has 204 valence electrons. The van der Waals surface area contributed by atoms with Gasteiger partial charge in [0.2, 0.25) is 5.91 Å². The van der Waals surface area contributed by atoms with Crippen LogP contribution in [0.25, 0.3) is 0 Å². The topological polar surface area (TPSA) is 111 Å². The van der Waals surface area contributed by atoms with E-state index in [1.807, 2.05) is 6.07 Å². The summed E-state index contributed by atoms with van der Waals surface area (Å²) in [5, 5.41) is 0. The van der Waals surface area contributed by atoms with Crippen molar-refractivity contribution in [2.75, 3.05) is 26.3 Å². The van der Waals surface area contributed by atoms with Gasteiger partial charge in [-0.2, -0.15) is 0 Å². The van der Waals surface area contributed by atoms with Gasteiger partial charge in [-0.3, -0.25) is 19.3 Å². The number of rotatable bonds is 10. The van der Waals surface area contributed by atoms with Crippen molar-refractivity contribution in [2.24, 2.45) is 5.73 Å². The van der Waals surface area contributed by atoms with E-state index in [1.54, 1.807) is 32.9 Å². The Kier molecular flexibility index (Phi) is 8.69. The summed E-state index contributed by atoms with van der Waals surface area (Å²) in [5.41, 5.74) is 8.46. The summed E-state index contributed by atoms with van der Waals surface area (Å²) in [5.74, 6) is -0.806. The number of nitrogens with zero attached hydrogens (tertiary/aromatic N) is 2. The number of nitrogens with two attached hydrogens (primary N) is 1. The lowest BCUT2D eigenvalue weighted by atomic mass is 10.1. The molecule has 0 aromatic heterocycles. The number of esters is 1. The molecule has 2 aromatic carbocycles.